The molecule has 2 rings (SSSR count). The molecule has 1 aromatic rings. The van der Waals surface area contributed by atoms with Crippen molar-refractivity contribution >= 4 is 11.4 Å². The maximum Gasteiger partial charge on any atom is 0.197 e. The predicted molar refractivity (Wildman–Crippen MR) is 65.5 cm³/mol. The quantitative estimate of drug-likeness (QED) is 0.805. The standard InChI is InChI=1S/C14H16O3/c1-2-12(11-6-4-3-5-7-11)13(16)14(10-15)8-9-17-14/h2-7,15H,8-10H2,1H3. The Morgan fingerprint density at radius 1 is 1.47 bits per heavy atom. The molecule has 0 aromatic heterocycles. The molecule has 0 amide bonds. The van der Waals surface area contributed by atoms with Gasteiger partial charge in [-0.3, -0.25) is 4.79 Å². The van der Waals surface area contributed by atoms with E-state index in [0.29, 0.717) is 18.6 Å². The van der Waals surface area contributed by atoms with Gasteiger partial charge in [0, 0.05) is 12.0 Å². The molecule has 1 saturated heterocycles. The van der Waals surface area contributed by atoms with E-state index >= 15 is 0 Å². The van der Waals surface area contributed by atoms with Gasteiger partial charge in [0.25, 0.3) is 0 Å². The monoisotopic (exact) mass is 232 g/mol. The van der Waals surface area contributed by atoms with Gasteiger partial charge < -0.3 is 9.84 Å². The summed E-state index contributed by atoms with van der Waals surface area (Å²) in [4.78, 5) is 12.4. The summed E-state index contributed by atoms with van der Waals surface area (Å²) >= 11 is 0. The molecule has 1 aliphatic heterocycles. The van der Waals surface area contributed by atoms with E-state index in [9.17, 15) is 9.90 Å². The number of allylic oxidation sites excluding steroid dienone is 1. The molecule has 1 aliphatic rings. The number of carbonyl (C=O) groups is 1. The highest BCUT2D eigenvalue weighted by atomic mass is 16.5. The highest BCUT2D eigenvalue weighted by Gasteiger charge is 2.46. The fourth-order valence-electron chi connectivity index (χ4n) is 2.02. The SMILES string of the molecule is CC=C(C(=O)C1(CO)CCO1)c1ccccc1. The topological polar surface area (TPSA) is 46.5 Å². The summed E-state index contributed by atoms with van der Waals surface area (Å²) in [5, 5.41) is 9.33. The van der Waals surface area contributed by atoms with Crippen LogP contribution in [0.5, 0.6) is 0 Å². The molecule has 90 valence electrons. The second kappa shape index (κ2) is 4.82. The zero-order valence-electron chi connectivity index (χ0n) is 9.85. The highest BCUT2D eigenvalue weighted by molar-refractivity contribution is 6.24. The number of ketones is 1. The van der Waals surface area contributed by atoms with Crippen LogP contribution in [0.25, 0.3) is 5.57 Å². The summed E-state index contributed by atoms with van der Waals surface area (Å²) in [5.41, 5.74) is 0.472. The van der Waals surface area contributed by atoms with E-state index in [1.54, 1.807) is 6.08 Å². The van der Waals surface area contributed by atoms with Crippen LogP contribution in [0.1, 0.15) is 18.9 Å². The second-order valence-electron chi connectivity index (χ2n) is 4.15. The van der Waals surface area contributed by atoms with E-state index in [1.807, 2.05) is 37.3 Å². The van der Waals surface area contributed by atoms with Crippen molar-refractivity contribution < 1.29 is 14.6 Å². The predicted octanol–water partition coefficient (Wildman–Crippen LogP) is 1.81. The van der Waals surface area contributed by atoms with Crippen molar-refractivity contribution in [2.45, 2.75) is 18.9 Å². The number of hydrogen-bond donors (Lipinski definition) is 1. The van der Waals surface area contributed by atoms with Crippen LogP contribution >= 0.6 is 0 Å². The molecule has 0 aliphatic carbocycles. The molecule has 0 radical (unpaired) electrons. The number of ether oxygens (including phenoxy) is 1. The van der Waals surface area contributed by atoms with Crippen molar-refractivity contribution in [2.24, 2.45) is 0 Å². The lowest BCUT2D eigenvalue weighted by Gasteiger charge is -2.39. The number of carbonyl (C=O) groups excluding carboxylic acids is 1. The Morgan fingerprint density at radius 2 is 2.12 bits per heavy atom. The summed E-state index contributed by atoms with van der Waals surface area (Å²) in [6.07, 6.45) is 2.36. The number of aliphatic hydroxyl groups excluding tert-OH is 1. The lowest BCUT2D eigenvalue weighted by Crippen LogP contribution is -2.54. The molecule has 1 aromatic carbocycles. The lowest BCUT2D eigenvalue weighted by molar-refractivity contribution is -0.179. The Labute approximate surface area is 101 Å². The minimum absolute atomic E-state index is 0.125. The largest absolute Gasteiger partial charge is 0.393 e. The van der Waals surface area contributed by atoms with Gasteiger partial charge in [0.2, 0.25) is 0 Å². The van der Waals surface area contributed by atoms with E-state index in [1.165, 1.54) is 0 Å². The summed E-state index contributed by atoms with van der Waals surface area (Å²) in [6, 6.07) is 9.45. The molecular formula is C14H16O3. The van der Waals surface area contributed by atoms with E-state index in [2.05, 4.69) is 0 Å². The number of hydrogen-bond acceptors (Lipinski definition) is 3. The van der Waals surface area contributed by atoms with Crippen molar-refractivity contribution in [3.63, 3.8) is 0 Å². The van der Waals surface area contributed by atoms with Gasteiger partial charge in [-0.05, 0) is 12.5 Å². The van der Waals surface area contributed by atoms with Crippen LogP contribution in [0.3, 0.4) is 0 Å². The number of benzene rings is 1. The molecule has 1 N–H and O–H groups in total. The van der Waals surface area contributed by atoms with Crippen molar-refractivity contribution in [2.75, 3.05) is 13.2 Å². The molecule has 1 fully saturated rings. The van der Waals surface area contributed by atoms with Crippen LogP contribution in [-0.4, -0.2) is 29.7 Å². The van der Waals surface area contributed by atoms with Gasteiger partial charge in [-0.25, -0.2) is 0 Å². The average molecular weight is 232 g/mol. The van der Waals surface area contributed by atoms with Gasteiger partial charge in [0.1, 0.15) is 0 Å². The first-order valence-corrected chi connectivity index (χ1v) is 5.75. The fourth-order valence-corrected chi connectivity index (χ4v) is 2.02. The summed E-state index contributed by atoms with van der Waals surface area (Å²) < 4.78 is 5.29. The van der Waals surface area contributed by atoms with Crippen molar-refractivity contribution in [1.29, 1.82) is 0 Å². The van der Waals surface area contributed by atoms with E-state index < -0.39 is 5.60 Å². The Kier molecular flexibility index (Phi) is 3.41. The Morgan fingerprint density at radius 3 is 2.53 bits per heavy atom. The van der Waals surface area contributed by atoms with Crippen molar-refractivity contribution in [3.05, 3.63) is 42.0 Å². The Balaban J connectivity index is 2.29. The van der Waals surface area contributed by atoms with Crippen molar-refractivity contribution in [3.8, 4) is 0 Å². The molecular weight excluding hydrogens is 216 g/mol. The molecule has 0 saturated carbocycles. The molecule has 1 heterocycles. The van der Waals surface area contributed by atoms with Crippen LogP contribution in [0, 0.1) is 0 Å². The van der Waals surface area contributed by atoms with Gasteiger partial charge in [0.15, 0.2) is 11.4 Å². The van der Waals surface area contributed by atoms with Gasteiger partial charge in [0.05, 0.1) is 13.2 Å². The highest BCUT2D eigenvalue weighted by Crippen LogP contribution is 2.32. The van der Waals surface area contributed by atoms with Gasteiger partial charge >= 0.3 is 0 Å². The summed E-state index contributed by atoms with van der Waals surface area (Å²) in [7, 11) is 0. The van der Waals surface area contributed by atoms with Crippen molar-refractivity contribution in [1.82, 2.24) is 0 Å². The van der Waals surface area contributed by atoms with Crippen LogP contribution in [0.2, 0.25) is 0 Å². The molecule has 0 spiro atoms. The minimum Gasteiger partial charge on any atom is -0.393 e. The lowest BCUT2D eigenvalue weighted by atomic mass is 9.84. The first kappa shape index (κ1) is 12.0. The van der Waals surface area contributed by atoms with E-state index in [0.717, 1.165) is 5.56 Å². The van der Waals surface area contributed by atoms with Crippen LogP contribution in [-0.2, 0) is 9.53 Å². The van der Waals surface area contributed by atoms with Crippen LogP contribution < -0.4 is 0 Å². The third kappa shape index (κ3) is 2.04. The van der Waals surface area contributed by atoms with Crippen LogP contribution in [0.15, 0.2) is 36.4 Å². The summed E-state index contributed by atoms with van der Waals surface area (Å²) in [5.74, 6) is -0.125. The molecule has 3 nitrogen and oxygen atoms in total. The van der Waals surface area contributed by atoms with Crippen LogP contribution in [0.4, 0.5) is 0 Å². The third-order valence-corrected chi connectivity index (χ3v) is 3.17. The molecule has 0 bridgehead atoms. The van der Waals surface area contributed by atoms with E-state index in [-0.39, 0.29) is 12.4 Å². The molecule has 1 atom stereocenters. The Bertz CT molecular complexity index is 425. The first-order chi connectivity index (χ1) is 8.23. The third-order valence-electron chi connectivity index (χ3n) is 3.17. The number of aliphatic hydroxyl groups is 1. The van der Waals surface area contributed by atoms with E-state index in [4.69, 9.17) is 4.74 Å². The van der Waals surface area contributed by atoms with Gasteiger partial charge in [-0.15, -0.1) is 0 Å². The zero-order chi connectivity index (χ0) is 12.3. The number of Topliss-reactive ketones (excluding diaryl/α,β-unsaturated/α-hetero) is 1. The zero-order valence-corrected chi connectivity index (χ0v) is 9.85. The normalized spacial score (nSPS) is 24.2. The second-order valence-corrected chi connectivity index (χ2v) is 4.15. The number of rotatable bonds is 4. The minimum atomic E-state index is -1.00. The molecule has 3 heteroatoms. The summed E-state index contributed by atoms with van der Waals surface area (Å²) in [6.45, 7) is 2.11. The maximum atomic E-state index is 12.4. The molecule has 1 unspecified atom stereocenters. The fraction of sp³-hybridized carbons (Fsp3) is 0.357. The maximum absolute atomic E-state index is 12.4. The first-order valence-electron chi connectivity index (χ1n) is 5.75. The smallest absolute Gasteiger partial charge is 0.197 e. The van der Waals surface area contributed by atoms with Gasteiger partial charge in [-0.1, -0.05) is 36.4 Å². The molecule has 17 heavy (non-hydrogen) atoms. The Hall–Kier alpha value is -1.45. The van der Waals surface area contributed by atoms with Gasteiger partial charge in [-0.2, -0.15) is 0 Å². The average Bonchev–Trinajstić information content (AvgIpc) is 2.31.